The summed E-state index contributed by atoms with van der Waals surface area (Å²) in [4.78, 5) is 0. The predicted octanol–water partition coefficient (Wildman–Crippen LogP) is 1.19. The maximum absolute atomic E-state index is 5.82. The molecule has 1 aromatic rings. The number of ether oxygens (including phenoxy) is 3. The van der Waals surface area contributed by atoms with Crippen molar-refractivity contribution in [2.75, 3.05) is 14.2 Å². The van der Waals surface area contributed by atoms with E-state index in [1.54, 1.807) is 14.2 Å². The van der Waals surface area contributed by atoms with Gasteiger partial charge in [-0.15, -0.1) is 0 Å². The van der Waals surface area contributed by atoms with Crippen molar-refractivity contribution >= 4 is 0 Å². The van der Waals surface area contributed by atoms with E-state index in [2.05, 4.69) is 0 Å². The molecule has 2 N–H and O–H groups in total. The molecule has 1 aromatic carbocycles. The van der Waals surface area contributed by atoms with Crippen LogP contribution in [0.1, 0.15) is 6.42 Å². The van der Waals surface area contributed by atoms with Gasteiger partial charge in [-0.2, -0.15) is 0 Å². The van der Waals surface area contributed by atoms with Crippen molar-refractivity contribution in [3.05, 3.63) is 24.3 Å². The van der Waals surface area contributed by atoms with Gasteiger partial charge in [0.15, 0.2) is 11.5 Å². The standard InChI is InChI=1S/C12H17NO3/c1-14-9-5-3-4-6-10(9)16-11-7-8(13)12(11)15-2/h3-6,8,11-12H,7,13H2,1-2H3. The van der Waals surface area contributed by atoms with Crippen molar-refractivity contribution in [1.82, 2.24) is 0 Å². The first-order valence-electron chi connectivity index (χ1n) is 5.34. The third kappa shape index (κ3) is 1.99. The van der Waals surface area contributed by atoms with Gasteiger partial charge >= 0.3 is 0 Å². The van der Waals surface area contributed by atoms with Gasteiger partial charge in [0.25, 0.3) is 0 Å². The average molecular weight is 223 g/mol. The fourth-order valence-corrected chi connectivity index (χ4v) is 1.94. The van der Waals surface area contributed by atoms with Gasteiger partial charge in [-0.3, -0.25) is 0 Å². The van der Waals surface area contributed by atoms with Crippen LogP contribution in [0.3, 0.4) is 0 Å². The third-order valence-electron chi connectivity index (χ3n) is 2.91. The molecule has 1 saturated carbocycles. The summed E-state index contributed by atoms with van der Waals surface area (Å²) in [5.41, 5.74) is 5.81. The molecule has 2 rings (SSSR count). The summed E-state index contributed by atoms with van der Waals surface area (Å²) in [6.45, 7) is 0. The fraction of sp³-hybridized carbons (Fsp3) is 0.500. The number of hydrogen-bond donors (Lipinski definition) is 1. The van der Waals surface area contributed by atoms with E-state index >= 15 is 0 Å². The quantitative estimate of drug-likeness (QED) is 0.833. The number of hydrogen-bond acceptors (Lipinski definition) is 4. The molecule has 0 aliphatic heterocycles. The third-order valence-corrected chi connectivity index (χ3v) is 2.91. The minimum atomic E-state index is -0.0232. The van der Waals surface area contributed by atoms with E-state index in [9.17, 15) is 0 Å². The van der Waals surface area contributed by atoms with Crippen molar-refractivity contribution < 1.29 is 14.2 Å². The summed E-state index contributed by atoms with van der Waals surface area (Å²) >= 11 is 0. The summed E-state index contributed by atoms with van der Waals surface area (Å²) < 4.78 is 16.3. The summed E-state index contributed by atoms with van der Waals surface area (Å²) in [5.74, 6) is 1.47. The monoisotopic (exact) mass is 223 g/mol. The lowest BCUT2D eigenvalue weighted by Crippen LogP contribution is -2.59. The van der Waals surface area contributed by atoms with Crippen molar-refractivity contribution in [3.8, 4) is 11.5 Å². The number of nitrogens with two attached hydrogens (primary N) is 1. The highest BCUT2D eigenvalue weighted by Gasteiger charge is 2.41. The summed E-state index contributed by atoms with van der Waals surface area (Å²) in [6.07, 6.45) is 0.817. The lowest BCUT2D eigenvalue weighted by atomic mass is 9.86. The van der Waals surface area contributed by atoms with Gasteiger partial charge in [-0.25, -0.2) is 0 Å². The van der Waals surface area contributed by atoms with Crippen molar-refractivity contribution in [3.63, 3.8) is 0 Å². The zero-order valence-corrected chi connectivity index (χ0v) is 9.55. The Hall–Kier alpha value is -1.26. The smallest absolute Gasteiger partial charge is 0.161 e. The van der Waals surface area contributed by atoms with E-state index in [1.165, 1.54) is 0 Å². The molecule has 1 aliphatic rings. The molecule has 4 nitrogen and oxygen atoms in total. The van der Waals surface area contributed by atoms with Gasteiger partial charge in [0.2, 0.25) is 0 Å². The van der Waals surface area contributed by atoms with Crippen LogP contribution in [0.15, 0.2) is 24.3 Å². The maximum atomic E-state index is 5.82. The molecule has 0 radical (unpaired) electrons. The molecule has 1 aliphatic carbocycles. The van der Waals surface area contributed by atoms with Crippen LogP contribution >= 0.6 is 0 Å². The van der Waals surface area contributed by atoms with Crippen molar-refractivity contribution in [2.24, 2.45) is 5.73 Å². The highest BCUT2D eigenvalue weighted by molar-refractivity contribution is 5.39. The lowest BCUT2D eigenvalue weighted by molar-refractivity contribution is -0.0788. The zero-order chi connectivity index (χ0) is 11.5. The van der Waals surface area contributed by atoms with Crippen LogP contribution in [0, 0.1) is 0 Å². The first-order chi connectivity index (χ1) is 7.76. The Morgan fingerprint density at radius 3 is 2.44 bits per heavy atom. The van der Waals surface area contributed by atoms with Gasteiger partial charge < -0.3 is 19.9 Å². The molecule has 0 saturated heterocycles. The van der Waals surface area contributed by atoms with E-state index in [0.29, 0.717) is 0 Å². The Morgan fingerprint density at radius 1 is 1.19 bits per heavy atom. The van der Waals surface area contributed by atoms with Gasteiger partial charge in [0.05, 0.1) is 7.11 Å². The molecule has 88 valence electrons. The Balaban J connectivity index is 2.04. The molecule has 0 spiro atoms. The van der Waals surface area contributed by atoms with E-state index in [0.717, 1.165) is 17.9 Å². The summed E-state index contributed by atoms with van der Waals surface area (Å²) in [6, 6.07) is 7.65. The minimum absolute atomic E-state index is 0.0232. The highest BCUT2D eigenvalue weighted by atomic mass is 16.6. The van der Waals surface area contributed by atoms with Crippen LogP contribution in [0.4, 0.5) is 0 Å². The first kappa shape index (κ1) is 11.2. The first-order valence-corrected chi connectivity index (χ1v) is 5.34. The van der Waals surface area contributed by atoms with Crippen LogP contribution in [0.25, 0.3) is 0 Å². The molecule has 4 heteroatoms. The minimum Gasteiger partial charge on any atom is -0.493 e. The number of para-hydroxylation sites is 2. The van der Waals surface area contributed by atoms with E-state index in [1.807, 2.05) is 24.3 Å². The summed E-state index contributed by atoms with van der Waals surface area (Å²) in [7, 11) is 3.28. The molecule has 3 unspecified atom stereocenters. The van der Waals surface area contributed by atoms with E-state index in [-0.39, 0.29) is 18.2 Å². The Morgan fingerprint density at radius 2 is 1.88 bits per heavy atom. The van der Waals surface area contributed by atoms with Crippen molar-refractivity contribution in [1.29, 1.82) is 0 Å². The predicted molar refractivity (Wildman–Crippen MR) is 60.8 cm³/mol. The van der Waals surface area contributed by atoms with Gasteiger partial charge in [-0.1, -0.05) is 12.1 Å². The molecule has 0 heterocycles. The van der Waals surface area contributed by atoms with Crippen LogP contribution in [-0.4, -0.2) is 32.5 Å². The van der Waals surface area contributed by atoms with Gasteiger partial charge in [0, 0.05) is 19.6 Å². The zero-order valence-electron chi connectivity index (χ0n) is 9.55. The van der Waals surface area contributed by atoms with Gasteiger partial charge in [-0.05, 0) is 12.1 Å². The van der Waals surface area contributed by atoms with Crippen molar-refractivity contribution in [2.45, 2.75) is 24.7 Å². The molecule has 16 heavy (non-hydrogen) atoms. The van der Waals surface area contributed by atoms with Crippen LogP contribution in [0.2, 0.25) is 0 Å². The Kier molecular flexibility index (Phi) is 3.31. The van der Waals surface area contributed by atoms with Crippen LogP contribution in [0.5, 0.6) is 11.5 Å². The molecule has 0 amide bonds. The van der Waals surface area contributed by atoms with Crippen LogP contribution < -0.4 is 15.2 Å². The topological polar surface area (TPSA) is 53.7 Å². The highest BCUT2D eigenvalue weighted by Crippen LogP contribution is 2.32. The second-order valence-corrected chi connectivity index (χ2v) is 3.91. The number of benzene rings is 1. The number of methoxy groups -OCH3 is 2. The van der Waals surface area contributed by atoms with E-state index in [4.69, 9.17) is 19.9 Å². The van der Waals surface area contributed by atoms with Gasteiger partial charge in [0.1, 0.15) is 12.2 Å². The second-order valence-electron chi connectivity index (χ2n) is 3.91. The maximum Gasteiger partial charge on any atom is 0.161 e. The Bertz CT molecular complexity index is 356. The molecule has 1 fully saturated rings. The average Bonchev–Trinajstić information content (AvgIpc) is 2.29. The number of rotatable bonds is 4. The SMILES string of the molecule is COc1ccccc1OC1CC(N)C1OC. The molecule has 3 atom stereocenters. The summed E-state index contributed by atoms with van der Waals surface area (Å²) in [5, 5.41) is 0. The molecule has 0 bridgehead atoms. The molecule has 0 aromatic heterocycles. The lowest BCUT2D eigenvalue weighted by Gasteiger charge is -2.41. The largest absolute Gasteiger partial charge is 0.493 e. The fourth-order valence-electron chi connectivity index (χ4n) is 1.94. The second kappa shape index (κ2) is 4.72. The Labute approximate surface area is 95.3 Å². The molecular weight excluding hydrogens is 206 g/mol. The van der Waals surface area contributed by atoms with E-state index < -0.39 is 0 Å². The molecular formula is C12H17NO3. The van der Waals surface area contributed by atoms with Crippen LogP contribution in [-0.2, 0) is 4.74 Å². The normalized spacial score (nSPS) is 28.3.